The smallest absolute Gasteiger partial charge is 0.313 e. The highest BCUT2D eigenvalue weighted by atomic mass is 16.2. The maximum atomic E-state index is 12.6. The number of hydrogen-bond donors (Lipinski definition) is 2. The quantitative estimate of drug-likeness (QED) is 0.699. The van der Waals surface area contributed by atoms with Crippen molar-refractivity contribution in [3.8, 4) is 0 Å². The summed E-state index contributed by atoms with van der Waals surface area (Å²) < 4.78 is 0. The van der Waals surface area contributed by atoms with Crippen molar-refractivity contribution in [1.29, 1.82) is 0 Å². The highest BCUT2D eigenvalue weighted by Crippen LogP contribution is 2.11. The summed E-state index contributed by atoms with van der Waals surface area (Å²) >= 11 is 0. The molecule has 7 heteroatoms. The molecule has 1 fully saturated rings. The minimum absolute atomic E-state index is 0.0558. The standard InChI is InChI=1S/C24H30N4O3/c1-3-19-7-9-21(10-8-19)26-23(30)22(29)25-11-12-27-13-15-28(16-14-27)24(31)20-6-4-5-18(2)17-20/h4-10,17H,3,11-16H2,1-2H3,(H,25,29)(H,26,30). The van der Waals surface area contributed by atoms with Gasteiger partial charge in [-0.3, -0.25) is 19.3 Å². The van der Waals surface area contributed by atoms with Crippen molar-refractivity contribution in [2.24, 2.45) is 0 Å². The first-order chi connectivity index (χ1) is 15.0. The highest BCUT2D eigenvalue weighted by Gasteiger charge is 2.22. The molecule has 0 aromatic heterocycles. The van der Waals surface area contributed by atoms with Gasteiger partial charge in [0, 0.05) is 50.5 Å². The van der Waals surface area contributed by atoms with Crippen LogP contribution in [0.4, 0.5) is 5.69 Å². The second kappa shape index (κ2) is 10.7. The van der Waals surface area contributed by atoms with E-state index in [0.29, 0.717) is 31.9 Å². The molecule has 3 amide bonds. The van der Waals surface area contributed by atoms with E-state index in [1.165, 1.54) is 5.56 Å². The normalized spacial score (nSPS) is 14.2. The van der Waals surface area contributed by atoms with Crippen LogP contribution >= 0.6 is 0 Å². The van der Waals surface area contributed by atoms with Gasteiger partial charge >= 0.3 is 11.8 Å². The van der Waals surface area contributed by atoms with Crippen LogP contribution in [-0.2, 0) is 16.0 Å². The molecule has 3 rings (SSSR count). The number of piperazine rings is 1. The molecule has 0 atom stereocenters. The van der Waals surface area contributed by atoms with E-state index in [0.717, 1.165) is 30.6 Å². The molecule has 1 heterocycles. The summed E-state index contributed by atoms with van der Waals surface area (Å²) in [7, 11) is 0. The highest BCUT2D eigenvalue weighted by molar-refractivity contribution is 6.39. The number of carbonyl (C=O) groups is 3. The summed E-state index contributed by atoms with van der Waals surface area (Å²) in [6.45, 7) is 7.83. The molecule has 164 valence electrons. The summed E-state index contributed by atoms with van der Waals surface area (Å²) in [5.74, 6) is -1.26. The molecule has 2 N–H and O–H groups in total. The van der Waals surface area contributed by atoms with Crippen LogP contribution in [0, 0.1) is 6.92 Å². The number of anilines is 1. The molecule has 0 spiro atoms. The van der Waals surface area contributed by atoms with Gasteiger partial charge in [-0.25, -0.2) is 0 Å². The van der Waals surface area contributed by atoms with Gasteiger partial charge in [-0.05, 0) is 43.2 Å². The summed E-state index contributed by atoms with van der Waals surface area (Å²) in [6, 6.07) is 15.1. The van der Waals surface area contributed by atoms with Crippen LogP contribution in [0.15, 0.2) is 48.5 Å². The molecular formula is C24H30N4O3. The predicted molar refractivity (Wildman–Crippen MR) is 121 cm³/mol. The van der Waals surface area contributed by atoms with Crippen molar-refractivity contribution < 1.29 is 14.4 Å². The fourth-order valence-corrected chi connectivity index (χ4v) is 3.55. The third-order valence-electron chi connectivity index (χ3n) is 5.46. The number of carbonyl (C=O) groups excluding carboxylic acids is 3. The first-order valence-corrected chi connectivity index (χ1v) is 10.7. The summed E-state index contributed by atoms with van der Waals surface area (Å²) in [5.41, 5.74) is 3.56. The van der Waals surface area contributed by atoms with Crippen LogP contribution in [0.1, 0.15) is 28.4 Å². The number of benzene rings is 2. The first kappa shape index (κ1) is 22.5. The summed E-state index contributed by atoms with van der Waals surface area (Å²) in [4.78, 5) is 40.8. The third kappa shape index (κ3) is 6.39. The van der Waals surface area contributed by atoms with E-state index in [1.54, 1.807) is 12.1 Å². The molecule has 0 aliphatic carbocycles. The van der Waals surface area contributed by atoms with E-state index in [9.17, 15) is 14.4 Å². The third-order valence-corrected chi connectivity index (χ3v) is 5.46. The number of amides is 3. The molecule has 0 unspecified atom stereocenters. The van der Waals surface area contributed by atoms with Crippen LogP contribution in [-0.4, -0.2) is 66.8 Å². The van der Waals surface area contributed by atoms with E-state index in [1.807, 2.05) is 48.2 Å². The van der Waals surface area contributed by atoms with Crippen molar-refractivity contribution >= 4 is 23.4 Å². The van der Waals surface area contributed by atoms with Crippen LogP contribution in [0.2, 0.25) is 0 Å². The van der Waals surface area contributed by atoms with Gasteiger partial charge < -0.3 is 15.5 Å². The Bertz CT molecular complexity index is 919. The molecule has 7 nitrogen and oxygen atoms in total. The first-order valence-electron chi connectivity index (χ1n) is 10.7. The molecule has 1 aliphatic rings. The van der Waals surface area contributed by atoms with Gasteiger partial charge in [0.15, 0.2) is 0 Å². The van der Waals surface area contributed by atoms with Crippen molar-refractivity contribution in [3.63, 3.8) is 0 Å². The Morgan fingerprint density at radius 3 is 2.29 bits per heavy atom. The lowest BCUT2D eigenvalue weighted by molar-refractivity contribution is -0.136. The van der Waals surface area contributed by atoms with E-state index in [4.69, 9.17) is 0 Å². The average molecular weight is 423 g/mol. The number of nitrogens with one attached hydrogen (secondary N) is 2. The second-order valence-electron chi connectivity index (χ2n) is 7.76. The Balaban J connectivity index is 1.37. The van der Waals surface area contributed by atoms with Crippen molar-refractivity contribution in [2.45, 2.75) is 20.3 Å². The lowest BCUT2D eigenvalue weighted by atomic mass is 10.1. The predicted octanol–water partition coefficient (Wildman–Crippen LogP) is 2.07. The van der Waals surface area contributed by atoms with E-state index in [2.05, 4.69) is 22.5 Å². The zero-order valence-corrected chi connectivity index (χ0v) is 18.2. The number of aryl methyl sites for hydroxylation is 2. The van der Waals surface area contributed by atoms with E-state index >= 15 is 0 Å². The zero-order valence-electron chi connectivity index (χ0n) is 18.2. The Labute approximate surface area is 183 Å². The van der Waals surface area contributed by atoms with Gasteiger partial charge in [0.25, 0.3) is 5.91 Å². The van der Waals surface area contributed by atoms with Crippen molar-refractivity contribution in [2.75, 3.05) is 44.6 Å². The number of hydrogen-bond acceptors (Lipinski definition) is 4. The molecule has 2 aromatic rings. The van der Waals surface area contributed by atoms with Gasteiger partial charge in [-0.15, -0.1) is 0 Å². The molecular weight excluding hydrogens is 392 g/mol. The average Bonchev–Trinajstić information content (AvgIpc) is 2.79. The summed E-state index contributed by atoms with van der Waals surface area (Å²) in [6.07, 6.45) is 0.920. The molecule has 0 bridgehead atoms. The molecule has 2 aromatic carbocycles. The largest absolute Gasteiger partial charge is 0.347 e. The Morgan fingerprint density at radius 1 is 0.935 bits per heavy atom. The molecule has 31 heavy (non-hydrogen) atoms. The monoisotopic (exact) mass is 422 g/mol. The fourth-order valence-electron chi connectivity index (χ4n) is 3.55. The minimum Gasteiger partial charge on any atom is -0.347 e. The molecule has 1 aliphatic heterocycles. The number of rotatable bonds is 6. The Kier molecular flexibility index (Phi) is 7.78. The summed E-state index contributed by atoms with van der Waals surface area (Å²) in [5, 5.41) is 5.28. The minimum atomic E-state index is -0.669. The van der Waals surface area contributed by atoms with Crippen LogP contribution in [0.3, 0.4) is 0 Å². The van der Waals surface area contributed by atoms with Crippen molar-refractivity contribution in [1.82, 2.24) is 15.1 Å². The van der Waals surface area contributed by atoms with Crippen LogP contribution < -0.4 is 10.6 Å². The lowest BCUT2D eigenvalue weighted by Crippen LogP contribution is -2.50. The maximum absolute atomic E-state index is 12.6. The van der Waals surface area contributed by atoms with Crippen LogP contribution in [0.25, 0.3) is 0 Å². The topological polar surface area (TPSA) is 81.8 Å². The lowest BCUT2D eigenvalue weighted by Gasteiger charge is -2.34. The zero-order chi connectivity index (χ0) is 22.2. The number of nitrogens with zero attached hydrogens (tertiary/aromatic N) is 2. The van der Waals surface area contributed by atoms with Gasteiger partial charge in [0.2, 0.25) is 0 Å². The Hall–Kier alpha value is -3.19. The second-order valence-corrected chi connectivity index (χ2v) is 7.76. The van der Waals surface area contributed by atoms with Gasteiger partial charge in [-0.1, -0.05) is 36.8 Å². The van der Waals surface area contributed by atoms with E-state index < -0.39 is 11.8 Å². The fraction of sp³-hybridized carbons (Fsp3) is 0.375. The molecule has 1 saturated heterocycles. The molecule has 0 saturated carbocycles. The maximum Gasteiger partial charge on any atom is 0.313 e. The molecule has 0 radical (unpaired) electrons. The van der Waals surface area contributed by atoms with Crippen molar-refractivity contribution in [3.05, 3.63) is 65.2 Å². The van der Waals surface area contributed by atoms with Gasteiger partial charge in [0.1, 0.15) is 0 Å². The van der Waals surface area contributed by atoms with Gasteiger partial charge in [-0.2, -0.15) is 0 Å². The van der Waals surface area contributed by atoms with E-state index in [-0.39, 0.29) is 5.91 Å². The van der Waals surface area contributed by atoms with Crippen LogP contribution in [0.5, 0.6) is 0 Å². The Morgan fingerprint density at radius 2 is 1.65 bits per heavy atom. The van der Waals surface area contributed by atoms with Gasteiger partial charge in [0.05, 0.1) is 0 Å². The SMILES string of the molecule is CCc1ccc(NC(=O)C(=O)NCCN2CCN(C(=O)c3cccc(C)c3)CC2)cc1.